The van der Waals surface area contributed by atoms with Gasteiger partial charge in [0.25, 0.3) is 3.60 Å². The van der Waals surface area contributed by atoms with E-state index in [9.17, 15) is 0 Å². The monoisotopic (exact) mass is 257 g/mol. The lowest BCUT2D eigenvalue weighted by Gasteiger charge is -2.19. The van der Waals surface area contributed by atoms with Gasteiger partial charge in [0.15, 0.2) is 0 Å². The largest absolute Gasteiger partial charge is 0.354 e. The van der Waals surface area contributed by atoms with Gasteiger partial charge in [-0.15, -0.1) is 0 Å². The van der Waals surface area contributed by atoms with Crippen molar-refractivity contribution >= 4 is 40.3 Å². The van der Waals surface area contributed by atoms with E-state index >= 15 is 0 Å². The lowest BCUT2D eigenvalue weighted by molar-refractivity contribution is 0.164. The molecule has 0 aliphatic carbocycles. The van der Waals surface area contributed by atoms with Gasteiger partial charge in [0.05, 0.1) is 0 Å². The van der Waals surface area contributed by atoms with Gasteiger partial charge in [-0.05, 0) is 24.3 Å². The summed E-state index contributed by atoms with van der Waals surface area (Å²) in [5, 5.41) is 5.10. The zero-order chi connectivity index (χ0) is 10.7. The van der Waals surface area contributed by atoms with Crippen LogP contribution in [0.3, 0.4) is 0 Å². The minimum atomic E-state index is -0.300. The first-order chi connectivity index (χ1) is 7.29. The van der Waals surface area contributed by atoms with Gasteiger partial charge in [-0.25, -0.2) is 0 Å². The van der Waals surface area contributed by atoms with Crippen molar-refractivity contribution in [3.8, 4) is 0 Å². The van der Waals surface area contributed by atoms with E-state index in [1.54, 1.807) is 35.3 Å². The number of benzene rings is 1. The quantitative estimate of drug-likeness (QED) is 0.773. The van der Waals surface area contributed by atoms with Crippen LogP contribution >= 0.6 is 35.3 Å². The van der Waals surface area contributed by atoms with Gasteiger partial charge in [0.1, 0.15) is 5.04 Å². The Bertz CT molecular complexity index is 362. The Morgan fingerprint density at radius 3 is 2.40 bits per heavy atom. The second kappa shape index (κ2) is 4.72. The summed E-state index contributed by atoms with van der Waals surface area (Å²) in [6.45, 7) is 0. The SMILES string of the molecule is CSC1(SC)ON=C(c2ccccc2)S1. The molecule has 0 fully saturated rings. The summed E-state index contributed by atoms with van der Waals surface area (Å²) in [5.41, 5.74) is 1.12. The molecule has 1 aliphatic heterocycles. The molecule has 0 N–H and O–H groups in total. The Labute approximate surface area is 102 Å². The summed E-state index contributed by atoms with van der Waals surface area (Å²) in [6.07, 6.45) is 4.07. The maximum Gasteiger partial charge on any atom is 0.280 e. The highest BCUT2D eigenvalue weighted by molar-refractivity contribution is 8.38. The number of thioether (sulfide) groups is 3. The molecule has 2 nitrogen and oxygen atoms in total. The standard InChI is InChI=1S/C10H11NOS3/c1-13-10(14-2)12-11-9(15-10)8-6-4-3-5-7-8/h3-7H,1-2H3. The van der Waals surface area contributed by atoms with E-state index in [0.29, 0.717) is 0 Å². The second-order valence-electron chi connectivity index (χ2n) is 2.86. The summed E-state index contributed by atoms with van der Waals surface area (Å²) in [4.78, 5) is 5.48. The van der Waals surface area contributed by atoms with Gasteiger partial charge in [-0.2, -0.15) is 0 Å². The van der Waals surface area contributed by atoms with Gasteiger partial charge >= 0.3 is 0 Å². The van der Waals surface area contributed by atoms with Crippen molar-refractivity contribution in [2.75, 3.05) is 12.5 Å². The first-order valence-corrected chi connectivity index (χ1v) is 7.67. The number of rotatable bonds is 3. The minimum Gasteiger partial charge on any atom is -0.354 e. The van der Waals surface area contributed by atoms with Crippen LogP contribution in [0.15, 0.2) is 35.5 Å². The van der Waals surface area contributed by atoms with Crippen LogP contribution in [0.1, 0.15) is 5.56 Å². The average molecular weight is 257 g/mol. The molecule has 0 atom stereocenters. The number of oxime groups is 1. The number of hydrogen-bond donors (Lipinski definition) is 0. The van der Waals surface area contributed by atoms with Crippen molar-refractivity contribution < 1.29 is 4.84 Å². The molecule has 0 unspecified atom stereocenters. The van der Waals surface area contributed by atoms with Crippen molar-refractivity contribution in [3.05, 3.63) is 35.9 Å². The molecule has 0 saturated carbocycles. The maximum absolute atomic E-state index is 5.48. The predicted molar refractivity (Wildman–Crippen MR) is 71.4 cm³/mol. The van der Waals surface area contributed by atoms with E-state index in [1.807, 2.05) is 42.8 Å². The Morgan fingerprint density at radius 2 is 1.87 bits per heavy atom. The normalized spacial score (nSPS) is 18.4. The third-order valence-electron chi connectivity index (χ3n) is 1.98. The molecule has 5 heteroatoms. The zero-order valence-corrected chi connectivity index (χ0v) is 10.9. The molecule has 2 rings (SSSR count). The Morgan fingerprint density at radius 1 is 1.20 bits per heavy atom. The first-order valence-electron chi connectivity index (χ1n) is 4.40. The van der Waals surface area contributed by atoms with Crippen LogP contribution in [0.4, 0.5) is 0 Å². The van der Waals surface area contributed by atoms with E-state index in [1.165, 1.54) is 0 Å². The van der Waals surface area contributed by atoms with Crippen LogP contribution in [-0.2, 0) is 4.84 Å². The van der Waals surface area contributed by atoms with Crippen molar-refractivity contribution in [2.45, 2.75) is 3.60 Å². The zero-order valence-electron chi connectivity index (χ0n) is 8.47. The maximum atomic E-state index is 5.48. The lowest BCUT2D eigenvalue weighted by atomic mass is 10.2. The summed E-state index contributed by atoms with van der Waals surface area (Å²) in [5.74, 6) is 0. The number of hydrogen-bond acceptors (Lipinski definition) is 5. The third-order valence-corrected chi connectivity index (χ3v) is 6.46. The fraction of sp³-hybridized carbons (Fsp3) is 0.300. The highest BCUT2D eigenvalue weighted by Gasteiger charge is 2.39. The Kier molecular flexibility index (Phi) is 3.53. The second-order valence-corrected chi connectivity index (χ2v) is 6.77. The van der Waals surface area contributed by atoms with Crippen LogP contribution in [0.5, 0.6) is 0 Å². The molecular weight excluding hydrogens is 246 g/mol. The Balaban J connectivity index is 2.16. The van der Waals surface area contributed by atoms with Crippen LogP contribution in [-0.4, -0.2) is 21.2 Å². The highest BCUT2D eigenvalue weighted by Crippen LogP contribution is 2.50. The molecule has 1 heterocycles. The van der Waals surface area contributed by atoms with Crippen LogP contribution in [0, 0.1) is 0 Å². The summed E-state index contributed by atoms with van der Waals surface area (Å²) in [6, 6.07) is 10.1. The van der Waals surface area contributed by atoms with Gasteiger partial charge in [0, 0.05) is 5.56 Å². The summed E-state index contributed by atoms with van der Waals surface area (Å²) >= 11 is 5.00. The molecular formula is C10H11NOS3. The molecule has 80 valence electrons. The van der Waals surface area contributed by atoms with Crippen molar-refractivity contribution in [3.63, 3.8) is 0 Å². The summed E-state index contributed by atoms with van der Waals surface area (Å²) in [7, 11) is 0. The van der Waals surface area contributed by atoms with E-state index in [2.05, 4.69) is 5.16 Å². The van der Waals surface area contributed by atoms with Gasteiger partial charge in [0.2, 0.25) is 0 Å². The average Bonchev–Trinajstić information content (AvgIpc) is 2.75. The third kappa shape index (κ3) is 2.29. The molecule has 1 aromatic rings. The van der Waals surface area contributed by atoms with Crippen molar-refractivity contribution in [2.24, 2.45) is 5.16 Å². The fourth-order valence-electron chi connectivity index (χ4n) is 1.19. The van der Waals surface area contributed by atoms with E-state index in [-0.39, 0.29) is 3.60 Å². The first kappa shape index (κ1) is 11.2. The molecule has 15 heavy (non-hydrogen) atoms. The van der Waals surface area contributed by atoms with Crippen molar-refractivity contribution in [1.82, 2.24) is 0 Å². The molecule has 0 radical (unpaired) electrons. The van der Waals surface area contributed by atoms with Gasteiger partial charge in [-0.3, -0.25) is 0 Å². The highest BCUT2D eigenvalue weighted by atomic mass is 32.3. The van der Waals surface area contributed by atoms with E-state index in [4.69, 9.17) is 4.84 Å². The Hall–Kier alpha value is -0.260. The topological polar surface area (TPSA) is 21.6 Å². The molecule has 0 aromatic heterocycles. The van der Waals surface area contributed by atoms with Gasteiger partial charge < -0.3 is 4.84 Å². The fourth-order valence-corrected chi connectivity index (χ4v) is 3.86. The van der Waals surface area contributed by atoms with Gasteiger partial charge in [-0.1, -0.05) is 59.0 Å². The minimum absolute atomic E-state index is 0.300. The van der Waals surface area contributed by atoms with Crippen molar-refractivity contribution in [1.29, 1.82) is 0 Å². The smallest absolute Gasteiger partial charge is 0.280 e. The van der Waals surface area contributed by atoms with E-state index < -0.39 is 0 Å². The van der Waals surface area contributed by atoms with Crippen LogP contribution in [0.25, 0.3) is 0 Å². The molecule has 0 spiro atoms. The van der Waals surface area contributed by atoms with Crippen LogP contribution in [0.2, 0.25) is 0 Å². The molecule has 0 bridgehead atoms. The molecule has 1 aromatic carbocycles. The number of nitrogens with zero attached hydrogens (tertiary/aromatic N) is 1. The molecule has 0 saturated heterocycles. The molecule has 1 aliphatic rings. The lowest BCUT2D eigenvalue weighted by Crippen LogP contribution is -2.12. The molecule has 0 amide bonds. The summed E-state index contributed by atoms with van der Waals surface area (Å²) < 4.78 is -0.300. The predicted octanol–water partition coefficient (Wildman–Crippen LogP) is 3.45. The van der Waals surface area contributed by atoms with Crippen LogP contribution < -0.4 is 0 Å². The van der Waals surface area contributed by atoms with E-state index in [0.717, 1.165) is 10.6 Å².